The molecule has 0 radical (unpaired) electrons. The van der Waals surface area contributed by atoms with E-state index < -0.39 is 11.6 Å². The first kappa shape index (κ1) is 12.1. The van der Waals surface area contributed by atoms with Crippen LogP contribution in [0.5, 0.6) is 0 Å². The highest BCUT2D eigenvalue weighted by molar-refractivity contribution is 5.48. The zero-order valence-corrected chi connectivity index (χ0v) is 10.2. The van der Waals surface area contributed by atoms with Crippen molar-refractivity contribution in [1.82, 2.24) is 0 Å². The molecule has 1 aliphatic heterocycles. The molecule has 1 unspecified atom stereocenters. The van der Waals surface area contributed by atoms with Gasteiger partial charge in [0.2, 0.25) is 0 Å². The first-order chi connectivity index (χ1) is 9.24. The summed E-state index contributed by atoms with van der Waals surface area (Å²) >= 11 is 0. The molecule has 0 spiro atoms. The van der Waals surface area contributed by atoms with Gasteiger partial charge >= 0.3 is 0 Å². The number of hydrogen-bond donors (Lipinski definition) is 1. The molecular weight excluding hydrogens is 248 g/mol. The van der Waals surface area contributed by atoms with Crippen molar-refractivity contribution in [3.8, 4) is 0 Å². The monoisotopic (exact) mass is 261 g/mol. The largest absolute Gasteiger partial charge is 0.374 e. The molecule has 0 saturated carbocycles. The van der Waals surface area contributed by atoms with E-state index in [1.165, 1.54) is 12.1 Å². The van der Waals surface area contributed by atoms with Crippen LogP contribution in [0, 0.1) is 11.6 Å². The van der Waals surface area contributed by atoms with E-state index in [9.17, 15) is 8.78 Å². The van der Waals surface area contributed by atoms with Crippen LogP contribution >= 0.6 is 0 Å². The fourth-order valence-electron chi connectivity index (χ4n) is 2.30. The molecule has 2 nitrogen and oxygen atoms in total. The highest BCUT2D eigenvalue weighted by atomic mass is 19.1. The van der Waals surface area contributed by atoms with Gasteiger partial charge in [0.1, 0.15) is 11.6 Å². The first-order valence-corrected chi connectivity index (χ1v) is 6.11. The maximum absolute atomic E-state index is 13.6. The van der Waals surface area contributed by atoms with E-state index in [2.05, 4.69) is 5.32 Å². The Morgan fingerprint density at radius 2 is 1.95 bits per heavy atom. The van der Waals surface area contributed by atoms with Crippen LogP contribution in [0.25, 0.3) is 0 Å². The van der Waals surface area contributed by atoms with Gasteiger partial charge in [0, 0.05) is 6.07 Å². The Morgan fingerprint density at radius 1 is 1.11 bits per heavy atom. The summed E-state index contributed by atoms with van der Waals surface area (Å²) in [6.07, 6.45) is 0. The maximum atomic E-state index is 13.6. The fraction of sp³-hybridized carbons (Fsp3) is 0.200. The van der Waals surface area contributed by atoms with Gasteiger partial charge < -0.3 is 10.1 Å². The van der Waals surface area contributed by atoms with Crippen LogP contribution in [0.2, 0.25) is 0 Å². The third-order valence-electron chi connectivity index (χ3n) is 3.23. The van der Waals surface area contributed by atoms with Gasteiger partial charge in [-0.05, 0) is 23.3 Å². The van der Waals surface area contributed by atoms with E-state index in [0.717, 1.165) is 17.2 Å². The fourth-order valence-corrected chi connectivity index (χ4v) is 2.30. The summed E-state index contributed by atoms with van der Waals surface area (Å²) in [6.45, 7) is 1.04. The topological polar surface area (TPSA) is 21.3 Å². The average molecular weight is 261 g/mol. The molecule has 1 atom stereocenters. The van der Waals surface area contributed by atoms with E-state index >= 15 is 0 Å². The van der Waals surface area contributed by atoms with Crippen LogP contribution in [0.1, 0.15) is 17.2 Å². The van der Waals surface area contributed by atoms with Gasteiger partial charge in [0.15, 0.2) is 0 Å². The lowest BCUT2D eigenvalue weighted by Gasteiger charge is -2.27. The van der Waals surface area contributed by atoms with Crippen molar-refractivity contribution in [2.45, 2.75) is 12.6 Å². The van der Waals surface area contributed by atoms with Crippen LogP contribution in [0.3, 0.4) is 0 Å². The van der Waals surface area contributed by atoms with Crippen molar-refractivity contribution in [3.05, 3.63) is 65.2 Å². The number of rotatable bonds is 2. The first-order valence-electron chi connectivity index (χ1n) is 6.11. The molecule has 0 fully saturated rings. The molecule has 1 aliphatic rings. The summed E-state index contributed by atoms with van der Waals surface area (Å²) in [5.74, 6) is -1.17. The van der Waals surface area contributed by atoms with Gasteiger partial charge in [-0.15, -0.1) is 0 Å². The molecule has 0 aromatic heterocycles. The molecule has 19 heavy (non-hydrogen) atoms. The minimum atomic E-state index is -0.594. The van der Waals surface area contributed by atoms with Gasteiger partial charge in [-0.3, -0.25) is 0 Å². The third-order valence-corrected chi connectivity index (χ3v) is 3.23. The molecule has 98 valence electrons. The summed E-state index contributed by atoms with van der Waals surface area (Å²) in [5, 5.41) is 3.07. The summed E-state index contributed by atoms with van der Waals surface area (Å²) < 4.78 is 32.0. The van der Waals surface area contributed by atoms with E-state index in [4.69, 9.17) is 4.74 Å². The molecule has 1 N–H and O–H groups in total. The lowest BCUT2D eigenvalue weighted by atomic mass is 9.99. The second-order valence-corrected chi connectivity index (χ2v) is 4.54. The zero-order valence-electron chi connectivity index (χ0n) is 10.2. The summed E-state index contributed by atoms with van der Waals surface area (Å²) in [5.41, 5.74) is 2.47. The number of benzene rings is 2. The smallest absolute Gasteiger partial charge is 0.149 e. The van der Waals surface area contributed by atoms with Crippen molar-refractivity contribution in [2.75, 3.05) is 11.9 Å². The van der Waals surface area contributed by atoms with Crippen molar-refractivity contribution < 1.29 is 13.5 Å². The molecule has 4 heteroatoms. The zero-order chi connectivity index (χ0) is 13.2. The van der Waals surface area contributed by atoms with Crippen LogP contribution in [-0.4, -0.2) is 6.61 Å². The highest BCUT2D eigenvalue weighted by Gasteiger charge is 2.21. The predicted octanol–water partition coefficient (Wildman–Crippen LogP) is 3.65. The van der Waals surface area contributed by atoms with Crippen molar-refractivity contribution >= 4 is 5.69 Å². The Bertz CT molecular complexity index is 600. The van der Waals surface area contributed by atoms with Crippen LogP contribution in [0.15, 0.2) is 42.5 Å². The lowest BCUT2D eigenvalue weighted by molar-refractivity contribution is 0.0969. The normalized spacial score (nSPS) is 17.9. The summed E-state index contributed by atoms with van der Waals surface area (Å²) in [4.78, 5) is 0. The van der Waals surface area contributed by atoms with Gasteiger partial charge in [-0.1, -0.05) is 24.3 Å². The molecule has 0 aliphatic carbocycles. The predicted molar refractivity (Wildman–Crippen MR) is 68.8 cm³/mol. The Labute approximate surface area is 110 Å². The molecule has 2 aromatic rings. The highest BCUT2D eigenvalue weighted by Crippen LogP contribution is 2.28. The third kappa shape index (κ3) is 2.44. The SMILES string of the molecule is Fc1ccc(NC2COCc3ccccc32)c(F)c1. The molecule has 1 heterocycles. The summed E-state index contributed by atoms with van der Waals surface area (Å²) in [7, 11) is 0. The molecule has 2 aromatic carbocycles. The number of fused-ring (bicyclic) bond motifs is 1. The average Bonchev–Trinajstić information content (AvgIpc) is 2.42. The maximum Gasteiger partial charge on any atom is 0.149 e. The second kappa shape index (κ2) is 4.97. The van der Waals surface area contributed by atoms with Gasteiger partial charge in [-0.25, -0.2) is 8.78 Å². The Kier molecular flexibility index (Phi) is 3.17. The van der Waals surface area contributed by atoms with E-state index in [1.807, 2.05) is 24.3 Å². The van der Waals surface area contributed by atoms with Crippen molar-refractivity contribution in [3.63, 3.8) is 0 Å². The Morgan fingerprint density at radius 3 is 2.79 bits per heavy atom. The van der Waals surface area contributed by atoms with E-state index in [0.29, 0.717) is 13.2 Å². The molecular formula is C15H13F2NO. The molecule has 0 bridgehead atoms. The Balaban J connectivity index is 1.88. The molecule has 3 rings (SSSR count). The minimum absolute atomic E-state index is 0.120. The van der Waals surface area contributed by atoms with E-state index in [1.54, 1.807) is 0 Å². The van der Waals surface area contributed by atoms with Gasteiger partial charge in [0.25, 0.3) is 0 Å². The minimum Gasteiger partial charge on any atom is -0.374 e. The number of halogens is 2. The Hall–Kier alpha value is -1.94. The number of anilines is 1. The quantitative estimate of drug-likeness (QED) is 0.891. The van der Waals surface area contributed by atoms with Crippen molar-refractivity contribution in [2.24, 2.45) is 0 Å². The van der Waals surface area contributed by atoms with Crippen LogP contribution in [0.4, 0.5) is 14.5 Å². The number of ether oxygens (including phenoxy) is 1. The summed E-state index contributed by atoms with van der Waals surface area (Å²) in [6, 6.07) is 11.3. The van der Waals surface area contributed by atoms with E-state index in [-0.39, 0.29) is 11.7 Å². The molecule has 0 amide bonds. The van der Waals surface area contributed by atoms with Crippen LogP contribution < -0.4 is 5.32 Å². The molecule has 0 saturated heterocycles. The van der Waals surface area contributed by atoms with Crippen LogP contribution in [-0.2, 0) is 11.3 Å². The van der Waals surface area contributed by atoms with Gasteiger partial charge in [-0.2, -0.15) is 0 Å². The second-order valence-electron chi connectivity index (χ2n) is 4.54. The number of nitrogens with one attached hydrogen (secondary N) is 1. The standard InChI is InChI=1S/C15H13F2NO/c16-11-5-6-14(13(17)7-11)18-15-9-19-8-10-3-1-2-4-12(10)15/h1-7,15,18H,8-9H2. The number of hydrogen-bond acceptors (Lipinski definition) is 2. The lowest BCUT2D eigenvalue weighted by Crippen LogP contribution is -2.23. The van der Waals surface area contributed by atoms with Crippen molar-refractivity contribution in [1.29, 1.82) is 0 Å². The van der Waals surface area contributed by atoms with Gasteiger partial charge in [0.05, 0.1) is 24.9 Å².